The minimum Gasteiger partial charge on any atom is -0.493 e. The van der Waals surface area contributed by atoms with E-state index in [0.29, 0.717) is 6.54 Å². The second-order valence-electron chi connectivity index (χ2n) is 7.54. The number of aryl methyl sites for hydroxylation is 3. The summed E-state index contributed by atoms with van der Waals surface area (Å²) in [7, 11) is 0. The lowest BCUT2D eigenvalue weighted by Gasteiger charge is -2.13. The summed E-state index contributed by atoms with van der Waals surface area (Å²) in [6.07, 6.45) is 3.43. The summed E-state index contributed by atoms with van der Waals surface area (Å²) < 4.78 is 11.3. The molecule has 0 saturated heterocycles. The Morgan fingerprint density at radius 1 is 1.25 bits per heavy atom. The number of ether oxygens (including phenoxy) is 1. The van der Waals surface area contributed by atoms with E-state index >= 15 is 0 Å². The predicted molar refractivity (Wildman–Crippen MR) is 112 cm³/mol. The highest BCUT2D eigenvalue weighted by atomic mass is 16.5. The third kappa shape index (κ3) is 5.75. The Morgan fingerprint density at radius 2 is 2.07 bits per heavy atom. The first-order chi connectivity index (χ1) is 13.6. The van der Waals surface area contributed by atoms with E-state index in [2.05, 4.69) is 47.8 Å². The average Bonchev–Trinajstić information content (AvgIpc) is 3.45. The number of aliphatic imine (C=N–C) groups is 1. The van der Waals surface area contributed by atoms with E-state index in [1.807, 2.05) is 13.8 Å². The Labute approximate surface area is 167 Å². The van der Waals surface area contributed by atoms with Gasteiger partial charge in [0.15, 0.2) is 5.96 Å². The van der Waals surface area contributed by atoms with Crippen LogP contribution >= 0.6 is 0 Å². The van der Waals surface area contributed by atoms with E-state index < -0.39 is 0 Å². The van der Waals surface area contributed by atoms with Crippen LogP contribution in [0.25, 0.3) is 0 Å². The first-order valence-corrected chi connectivity index (χ1v) is 10.2. The molecule has 1 saturated carbocycles. The normalized spacial score (nSPS) is 14.2. The molecule has 0 radical (unpaired) electrons. The van der Waals surface area contributed by atoms with Crippen LogP contribution in [0.15, 0.2) is 27.7 Å². The zero-order valence-corrected chi connectivity index (χ0v) is 17.5. The lowest BCUT2D eigenvalue weighted by atomic mass is 10.1. The van der Waals surface area contributed by atoms with Crippen LogP contribution < -0.4 is 15.4 Å². The molecule has 2 aromatic rings. The van der Waals surface area contributed by atoms with Crippen molar-refractivity contribution in [3.05, 3.63) is 46.3 Å². The smallest absolute Gasteiger partial charge is 0.191 e. The number of rotatable bonds is 9. The summed E-state index contributed by atoms with van der Waals surface area (Å²) in [5, 5.41) is 10.7. The summed E-state index contributed by atoms with van der Waals surface area (Å²) in [6, 6.07) is 6.35. The molecular formula is C22H32N4O2. The van der Waals surface area contributed by atoms with Gasteiger partial charge in [-0.2, -0.15) is 0 Å². The van der Waals surface area contributed by atoms with Crippen molar-refractivity contribution in [3.8, 4) is 5.75 Å². The van der Waals surface area contributed by atoms with E-state index in [4.69, 9.17) is 14.3 Å². The fraction of sp³-hybridized carbons (Fsp3) is 0.545. The standard InChI is InChI=1S/C22H32N4O2/c1-5-23-22(24-11-10-20-16(3)26-28-17(20)4)25-13-19-9-6-15(2)12-21(19)27-14-18-7-8-18/h6,9,12,18H,5,7-8,10-11,13-14H2,1-4H3,(H2,23,24,25). The minimum absolute atomic E-state index is 0.584. The van der Waals surface area contributed by atoms with Crippen molar-refractivity contribution in [1.82, 2.24) is 15.8 Å². The molecule has 28 heavy (non-hydrogen) atoms. The molecule has 2 N–H and O–H groups in total. The van der Waals surface area contributed by atoms with Crippen molar-refractivity contribution in [2.45, 2.75) is 53.5 Å². The molecule has 152 valence electrons. The maximum absolute atomic E-state index is 6.06. The van der Waals surface area contributed by atoms with Crippen LogP contribution in [0.3, 0.4) is 0 Å². The molecule has 1 heterocycles. The number of benzene rings is 1. The number of nitrogens with zero attached hydrogens (tertiary/aromatic N) is 2. The van der Waals surface area contributed by atoms with Gasteiger partial charge in [-0.3, -0.25) is 0 Å². The molecule has 0 unspecified atom stereocenters. The summed E-state index contributed by atoms with van der Waals surface area (Å²) >= 11 is 0. The van der Waals surface area contributed by atoms with Crippen molar-refractivity contribution in [2.24, 2.45) is 10.9 Å². The summed E-state index contributed by atoms with van der Waals surface area (Å²) in [4.78, 5) is 4.76. The Morgan fingerprint density at radius 3 is 2.75 bits per heavy atom. The van der Waals surface area contributed by atoms with Gasteiger partial charge < -0.3 is 19.9 Å². The SMILES string of the molecule is CCNC(=NCc1ccc(C)cc1OCC1CC1)NCCc1c(C)noc1C. The van der Waals surface area contributed by atoms with Crippen molar-refractivity contribution >= 4 is 5.96 Å². The van der Waals surface area contributed by atoms with Crippen LogP contribution in [0.1, 0.15) is 47.9 Å². The zero-order valence-electron chi connectivity index (χ0n) is 17.5. The number of aromatic nitrogens is 1. The second-order valence-corrected chi connectivity index (χ2v) is 7.54. The molecule has 6 heteroatoms. The molecule has 1 aliphatic rings. The highest BCUT2D eigenvalue weighted by molar-refractivity contribution is 5.79. The van der Waals surface area contributed by atoms with Crippen molar-refractivity contribution in [3.63, 3.8) is 0 Å². The molecule has 0 spiro atoms. The van der Waals surface area contributed by atoms with Crippen LogP contribution in [-0.2, 0) is 13.0 Å². The van der Waals surface area contributed by atoms with Gasteiger partial charge in [-0.15, -0.1) is 0 Å². The monoisotopic (exact) mass is 384 g/mol. The second kappa shape index (κ2) is 9.62. The van der Waals surface area contributed by atoms with Crippen LogP contribution in [0, 0.1) is 26.7 Å². The van der Waals surface area contributed by atoms with Gasteiger partial charge in [-0.05, 0) is 64.5 Å². The predicted octanol–water partition coefficient (Wildman–Crippen LogP) is 3.69. The lowest BCUT2D eigenvalue weighted by Crippen LogP contribution is -2.38. The maximum atomic E-state index is 6.06. The van der Waals surface area contributed by atoms with Gasteiger partial charge >= 0.3 is 0 Å². The quantitative estimate of drug-likeness (QED) is 0.510. The third-order valence-electron chi connectivity index (χ3n) is 4.99. The first-order valence-electron chi connectivity index (χ1n) is 10.2. The topological polar surface area (TPSA) is 71.7 Å². The largest absolute Gasteiger partial charge is 0.493 e. The number of hydrogen-bond donors (Lipinski definition) is 2. The van der Waals surface area contributed by atoms with Crippen LogP contribution in [0.2, 0.25) is 0 Å². The molecule has 6 nitrogen and oxygen atoms in total. The third-order valence-corrected chi connectivity index (χ3v) is 4.99. The maximum Gasteiger partial charge on any atom is 0.191 e. The number of hydrogen-bond acceptors (Lipinski definition) is 4. The summed E-state index contributed by atoms with van der Waals surface area (Å²) in [5.41, 5.74) is 4.45. The fourth-order valence-electron chi connectivity index (χ4n) is 3.09. The number of nitrogens with one attached hydrogen (secondary N) is 2. The van der Waals surface area contributed by atoms with E-state index in [1.165, 1.54) is 18.4 Å². The zero-order chi connectivity index (χ0) is 19.9. The van der Waals surface area contributed by atoms with Crippen molar-refractivity contribution < 1.29 is 9.26 Å². The molecule has 1 fully saturated rings. The van der Waals surface area contributed by atoms with Gasteiger partial charge in [0.2, 0.25) is 0 Å². The van der Waals surface area contributed by atoms with E-state index in [0.717, 1.165) is 66.3 Å². The fourth-order valence-corrected chi connectivity index (χ4v) is 3.09. The molecular weight excluding hydrogens is 352 g/mol. The number of guanidine groups is 1. The van der Waals surface area contributed by atoms with Crippen LogP contribution in [0.4, 0.5) is 0 Å². The highest BCUT2D eigenvalue weighted by Crippen LogP contribution is 2.31. The van der Waals surface area contributed by atoms with Gasteiger partial charge in [0.1, 0.15) is 11.5 Å². The first kappa shape index (κ1) is 20.2. The average molecular weight is 385 g/mol. The van der Waals surface area contributed by atoms with Crippen LogP contribution in [0.5, 0.6) is 5.75 Å². The Hall–Kier alpha value is -2.50. The van der Waals surface area contributed by atoms with Gasteiger partial charge in [0.25, 0.3) is 0 Å². The molecule has 0 atom stereocenters. The Balaban J connectivity index is 1.60. The molecule has 1 aromatic carbocycles. The Bertz CT molecular complexity index is 789. The van der Waals surface area contributed by atoms with Gasteiger partial charge in [0, 0.05) is 24.2 Å². The molecule has 0 amide bonds. The highest BCUT2D eigenvalue weighted by Gasteiger charge is 2.22. The van der Waals surface area contributed by atoms with Crippen molar-refractivity contribution in [1.29, 1.82) is 0 Å². The van der Waals surface area contributed by atoms with E-state index in [1.54, 1.807) is 0 Å². The molecule has 1 aromatic heterocycles. The molecule has 0 aliphatic heterocycles. The van der Waals surface area contributed by atoms with Gasteiger partial charge in [0.05, 0.1) is 18.8 Å². The van der Waals surface area contributed by atoms with Gasteiger partial charge in [-0.25, -0.2) is 4.99 Å². The van der Waals surface area contributed by atoms with Gasteiger partial charge in [-0.1, -0.05) is 17.3 Å². The van der Waals surface area contributed by atoms with E-state index in [9.17, 15) is 0 Å². The summed E-state index contributed by atoms with van der Waals surface area (Å²) in [5.74, 6) is 3.39. The summed E-state index contributed by atoms with van der Waals surface area (Å²) in [6.45, 7) is 11.1. The molecule has 3 rings (SSSR count). The lowest BCUT2D eigenvalue weighted by molar-refractivity contribution is 0.296. The van der Waals surface area contributed by atoms with Crippen LogP contribution in [-0.4, -0.2) is 30.8 Å². The minimum atomic E-state index is 0.584. The Kier molecular flexibility index (Phi) is 6.95. The molecule has 0 bridgehead atoms. The van der Waals surface area contributed by atoms with E-state index in [-0.39, 0.29) is 0 Å². The van der Waals surface area contributed by atoms with Crippen molar-refractivity contribution in [2.75, 3.05) is 19.7 Å². The molecule has 1 aliphatic carbocycles.